The Balaban J connectivity index is 1.87. The van der Waals surface area contributed by atoms with Crippen molar-refractivity contribution < 1.29 is 0 Å². The lowest BCUT2D eigenvalue weighted by Gasteiger charge is -2.26. The maximum atomic E-state index is 6.15. The van der Waals surface area contributed by atoms with Crippen molar-refractivity contribution in [3.63, 3.8) is 0 Å². The summed E-state index contributed by atoms with van der Waals surface area (Å²) < 4.78 is 0. The van der Waals surface area contributed by atoms with Crippen LogP contribution < -0.4 is 10.6 Å². The summed E-state index contributed by atoms with van der Waals surface area (Å²) >= 11 is 0. The molecule has 2 aromatic carbocycles. The van der Waals surface area contributed by atoms with Gasteiger partial charge in [0.05, 0.1) is 23.1 Å². The number of hydrogen-bond acceptors (Lipinski definition) is 3. The second-order valence-corrected chi connectivity index (χ2v) is 6.95. The average Bonchev–Trinajstić information content (AvgIpc) is 2.62. The minimum atomic E-state index is -0.428. The molecule has 0 unspecified atom stereocenters. The van der Waals surface area contributed by atoms with Crippen LogP contribution in [0.2, 0.25) is 0 Å². The van der Waals surface area contributed by atoms with Crippen molar-refractivity contribution in [3.8, 4) is 0 Å². The summed E-state index contributed by atoms with van der Waals surface area (Å²) in [6, 6.07) is 25.2. The van der Waals surface area contributed by atoms with Crippen LogP contribution in [0.15, 0.2) is 79.0 Å². The van der Waals surface area contributed by atoms with Crippen molar-refractivity contribution in [2.24, 2.45) is 5.73 Å². The Morgan fingerprint density at radius 3 is 1.72 bits per heavy atom. The molecule has 2 N–H and O–H groups in total. The summed E-state index contributed by atoms with van der Waals surface area (Å²) in [4.78, 5) is 6.93. The van der Waals surface area contributed by atoms with Gasteiger partial charge in [-0.2, -0.15) is 0 Å². The quantitative estimate of drug-likeness (QED) is 0.724. The van der Waals surface area contributed by atoms with E-state index in [2.05, 4.69) is 64.5 Å². The fourth-order valence-corrected chi connectivity index (χ4v) is 2.80. The first-order valence-electron chi connectivity index (χ1n) is 8.60. The molecule has 0 saturated carbocycles. The Morgan fingerprint density at radius 2 is 1.32 bits per heavy atom. The van der Waals surface area contributed by atoms with E-state index in [0.29, 0.717) is 0 Å². The van der Waals surface area contributed by atoms with E-state index in [4.69, 9.17) is 5.73 Å². The molecule has 0 spiro atoms. The third-order valence-electron chi connectivity index (χ3n) is 4.21. The van der Waals surface area contributed by atoms with E-state index in [1.165, 1.54) is 11.1 Å². The van der Waals surface area contributed by atoms with Gasteiger partial charge in [-0.05, 0) is 37.1 Å². The molecular formula is C22H25N3. The van der Waals surface area contributed by atoms with Gasteiger partial charge in [0.1, 0.15) is 0 Å². The first kappa shape index (κ1) is 17.2. The summed E-state index contributed by atoms with van der Waals surface area (Å²) in [6.07, 6.45) is 1.93. The molecule has 0 bridgehead atoms. The highest BCUT2D eigenvalue weighted by molar-refractivity contribution is 5.46. The SMILES string of the molecule is CC(C)(N)c1ccc(N(Cc2ccccc2)Cc2ccccc2)cn1. The normalized spacial score (nSPS) is 11.3. The highest BCUT2D eigenvalue weighted by atomic mass is 15.1. The highest BCUT2D eigenvalue weighted by Gasteiger charge is 2.16. The highest BCUT2D eigenvalue weighted by Crippen LogP contribution is 2.22. The second kappa shape index (κ2) is 7.49. The van der Waals surface area contributed by atoms with Gasteiger partial charge in [-0.15, -0.1) is 0 Å². The molecule has 3 aromatic rings. The first-order chi connectivity index (χ1) is 12.0. The number of pyridine rings is 1. The van der Waals surface area contributed by atoms with Crippen molar-refractivity contribution in [2.45, 2.75) is 32.5 Å². The van der Waals surface area contributed by atoms with Gasteiger partial charge in [0.2, 0.25) is 0 Å². The zero-order chi connectivity index (χ0) is 17.7. The lowest BCUT2D eigenvalue weighted by atomic mass is 10.0. The third kappa shape index (κ3) is 4.68. The Labute approximate surface area is 150 Å². The minimum Gasteiger partial charge on any atom is -0.362 e. The van der Waals surface area contributed by atoms with Crippen LogP contribution >= 0.6 is 0 Å². The molecule has 25 heavy (non-hydrogen) atoms. The van der Waals surface area contributed by atoms with Crippen molar-refractivity contribution in [1.82, 2.24) is 4.98 Å². The summed E-state index contributed by atoms with van der Waals surface area (Å²) in [5.41, 5.74) is 10.3. The van der Waals surface area contributed by atoms with Gasteiger partial charge in [-0.1, -0.05) is 60.7 Å². The van der Waals surface area contributed by atoms with E-state index in [1.807, 2.05) is 38.2 Å². The molecular weight excluding hydrogens is 306 g/mol. The van der Waals surface area contributed by atoms with Crippen LogP contribution in [0.1, 0.15) is 30.7 Å². The molecule has 0 atom stereocenters. The predicted octanol–water partition coefficient (Wildman–Crippen LogP) is 4.48. The van der Waals surface area contributed by atoms with E-state index in [0.717, 1.165) is 24.5 Å². The molecule has 0 aliphatic rings. The maximum Gasteiger partial charge on any atom is 0.0598 e. The Morgan fingerprint density at radius 1 is 0.800 bits per heavy atom. The number of nitrogens with two attached hydrogens (primary N) is 1. The summed E-state index contributed by atoms with van der Waals surface area (Å²) in [7, 11) is 0. The topological polar surface area (TPSA) is 42.1 Å². The molecule has 0 aliphatic carbocycles. The monoisotopic (exact) mass is 331 g/mol. The summed E-state index contributed by atoms with van der Waals surface area (Å²) in [5, 5.41) is 0. The summed E-state index contributed by atoms with van der Waals surface area (Å²) in [6.45, 7) is 5.62. The zero-order valence-corrected chi connectivity index (χ0v) is 14.9. The van der Waals surface area contributed by atoms with Gasteiger partial charge >= 0.3 is 0 Å². The van der Waals surface area contributed by atoms with E-state index in [-0.39, 0.29) is 0 Å². The molecule has 0 saturated heterocycles. The lowest BCUT2D eigenvalue weighted by Crippen LogP contribution is -2.30. The average molecular weight is 331 g/mol. The van der Waals surface area contributed by atoms with E-state index >= 15 is 0 Å². The number of aromatic nitrogens is 1. The molecule has 0 fully saturated rings. The lowest BCUT2D eigenvalue weighted by molar-refractivity contribution is 0.535. The van der Waals surface area contributed by atoms with E-state index in [9.17, 15) is 0 Å². The second-order valence-electron chi connectivity index (χ2n) is 6.95. The number of benzene rings is 2. The summed E-state index contributed by atoms with van der Waals surface area (Å²) in [5.74, 6) is 0. The predicted molar refractivity (Wildman–Crippen MR) is 104 cm³/mol. The van der Waals surface area contributed by atoms with E-state index in [1.54, 1.807) is 0 Å². The molecule has 1 heterocycles. The smallest absolute Gasteiger partial charge is 0.0598 e. The molecule has 3 nitrogen and oxygen atoms in total. The van der Waals surface area contributed by atoms with Gasteiger partial charge in [0.25, 0.3) is 0 Å². The molecule has 0 aliphatic heterocycles. The Bertz CT molecular complexity index is 734. The van der Waals surface area contributed by atoms with Crippen molar-refractivity contribution in [1.29, 1.82) is 0 Å². The fourth-order valence-electron chi connectivity index (χ4n) is 2.80. The van der Waals surface area contributed by atoms with Crippen molar-refractivity contribution in [3.05, 3.63) is 95.8 Å². The standard InChI is InChI=1S/C22H25N3/c1-22(2,23)21-14-13-20(15-24-21)25(16-18-9-5-3-6-10-18)17-19-11-7-4-8-12-19/h3-15H,16-17,23H2,1-2H3. The van der Waals surface area contributed by atoms with Crippen LogP contribution in [0.4, 0.5) is 5.69 Å². The molecule has 0 amide bonds. The van der Waals surface area contributed by atoms with Gasteiger partial charge in [0.15, 0.2) is 0 Å². The molecule has 3 heteroatoms. The Kier molecular flexibility index (Phi) is 5.15. The van der Waals surface area contributed by atoms with Crippen LogP contribution in [0.25, 0.3) is 0 Å². The van der Waals surface area contributed by atoms with Crippen LogP contribution in [-0.4, -0.2) is 4.98 Å². The molecule has 1 aromatic heterocycles. The number of rotatable bonds is 6. The molecule has 128 valence electrons. The first-order valence-corrected chi connectivity index (χ1v) is 8.60. The van der Waals surface area contributed by atoms with Gasteiger partial charge in [0, 0.05) is 13.1 Å². The Hall–Kier alpha value is -2.65. The van der Waals surface area contributed by atoms with Crippen LogP contribution in [0.5, 0.6) is 0 Å². The largest absolute Gasteiger partial charge is 0.362 e. The fraction of sp³-hybridized carbons (Fsp3) is 0.227. The number of anilines is 1. The van der Waals surface area contributed by atoms with Crippen molar-refractivity contribution >= 4 is 5.69 Å². The maximum absolute atomic E-state index is 6.15. The molecule has 0 radical (unpaired) electrons. The number of hydrogen-bond donors (Lipinski definition) is 1. The van der Waals surface area contributed by atoms with Gasteiger partial charge in [-0.3, -0.25) is 4.98 Å². The molecule has 3 rings (SSSR count). The zero-order valence-electron chi connectivity index (χ0n) is 14.9. The van der Waals surface area contributed by atoms with Gasteiger partial charge < -0.3 is 10.6 Å². The van der Waals surface area contributed by atoms with Crippen molar-refractivity contribution in [2.75, 3.05) is 4.90 Å². The third-order valence-corrected chi connectivity index (χ3v) is 4.21. The van der Waals surface area contributed by atoms with Crippen LogP contribution in [-0.2, 0) is 18.6 Å². The van der Waals surface area contributed by atoms with Crippen LogP contribution in [0, 0.1) is 0 Å². The van der Waals surface area contributed by atoms with Crippen LogP contribution in [0.3, 0.4) is 0 Å². The van der Waals surface area contributed by atoms with E-state index < -0.39 is 5.54 Å². The minimum absolute atomic E-state index is 0.428. The van der Waals surface area contributed by atoms with Gasteiger partial charge in [-0.25, -0.2) is 0 Å². The number of nitrogens with zero attached hydrogens (tertiary/aromatic N) is 2.